The van der Waals surface area contributed by atoms with Crippen LogP contribution in [0.3, 0.4) is 0 Å². The van der Waals surface area contributed by atoms with Crippen LogP contribution in [0.2, 0.25) is 4.34 Å². The minimum Gasteiger partial charge on any atom is -0.328 e. The molecule has 1 rings (SSSR count). The Labute approximate surface area is 69.8 Å². The molecular weight excluding hydrogens is 166 g/mol. The first-order chi connectivity index (χ1) is 4.68. The van der Waals surface area contributed by atoms with Crippen molar-refractivity contribution in [1.82, 2.24) is 0 Å². The van der Waals surface area contributed by atoms with Crippen molar-refractivity contribution >= 4 is 22.9 Å². The van der Waals surface area contributed by atoms with Gasteiger partial charge in [0.1, 0.15) is 0 Å². The highest BCUT2D eigenvalue weighted by atomic mass is 35.5. The first-order valence-corrected chi connectivity index (χ1v) is 4.37. The van der Waals surface area contributed by atoms with E-state index >= 15 is 0 Å². The van der Waals surface area contributed by atoms with Gasteiger partial charge < -0.3 is 5.73 Å². The number of rotatable bonds is 2. The molecule has 0 saturated heterocycles. The molecule has 1 atom stereocenters. The van der Waals surface area contributed by atoms with Crippen LogP contribution in [-0.4, -0.2) is 6.04 Å². The second-order valence-corrected chi connectivity index (χ2v) is 4.19. The van der Waals surface area contributed by atoms with E-state index in [1.807, 2.05) is 19.1 Å². The zero-order valence-corrected chi connectivity index (χ0v) is 7.38. The molecule has 0 unspecified atom stereocenters. The molecule has 0 saturated carbocycles. The van der Waals surface area contributed by atoms with Crippen LogP contribution in [0, 0.1) is 0 Å². The van der Waals surface area contributed by atoms with Crippen molar-refractivity contribution in [2.24, 2.45) is 5.73 Å². The average Bonchev–Trinajstić information content (AvgIpc) is 2.13. The Balaban J connectivity index is 2.58. The Morgan fingerprint density at radius 2 is 2.40 bits per heavy atom. The summed E-state index contributed by atoms with van der Waals surface area (Å²) in [7, 11) is 0. The smallest absolute Gasteiger partial charge is 0.0931 e. The van der Waals surface area contributed by atoms with E-state index in [0.717, 1.165) is 10.8 Å². The van der Waals surface area contributed by atoms with Crippen molar-refractivity contribution < 1.29 is 0 Å². The van der Waals surface area contributed by atoms with E-state index in [-0.39, 0.29) is 6.04 Å². The van der Waals surface area contributed by atoms with Gasteiger partial charge in [0, 0.05) is 10.9 Å². The predicted octanol–water partition coefficient (Wildman–Crippen LogP) is 2.29. The molecule has 56 valence electrons. The maximum atomic E-state index is 5.72. The molecule has 2 N–H and O–H groups in total. The van der Waals surface area contributed by atoms with Crippen LogP contribution in [0.5, 0.6) is 0 Å². The maximum Gasteiger partial charge on any atom is 0.0931 e. The fraction of sp³-hybridized carbons (Fsp3) is 0.429. The number of hydrogen-bond acceptors (Lipinski definition) is 2. The minimum absolute atomic E-state index is 0.231. The van der Waals surface area contributed by atoms with E-state index in [9.17, 15) is 0 Å². The molecule has 10 heavy (non-hydrogen) atoms. The van der Waals surface area contributed by atoms with Gasteiger partial charge in [0.15, 0.2) is 0 Å². The number of hydrogen-bond donors (Lipinski definition) is 1. The number of nitrogens with two attached hydrogens (primary N) is 1. The van der Waals surface area contributed by atoms with E-state index in [1.54, 1.807) is 11.3 Å². The van der Waals surface area contributed by atoms with Gasteiger partial charge in [0.05, 0.1) is 4.34 Å². The van der Waals surface area contributed by atoms with Gasteiger partial charge in [-0.2, -0.15) is 0 Å². The molecule has 0 aromatic carbocycles. The molecule has 0 bridgehead atoms. The zero-order valence-electron chi connectivity index (χ0n) is 5.80. The first-order valence-electron chi connectivity index (χ1n) is 3.18. The molecule has 1 aromatic heterocycles. The lowest BCUT2D eigenvalue weighted by atomic mass is 10.2. The Hall–Kier alpha value is -0.0500. The van der Waals surface area contributed by atoms with Gasteiger partial charge in [0.2, 0.25) is 0 Å². The van der Waals surface area contributed by atoms with Crippen LogP contribution in [0.4, 0.5) is 0 Å². The van der Waals surface area contributed by atoms with Crippen LogP contribution in [0.15, 0.2) is 12.1 Å². The Bertz CT molecular complexity index is 207. The quantitative estimate of drug-likeness (QED) is 0.734. The summed E-state index contributed by atoms with van der Waals surface area (Å²) in [4.78, 5) is 1.26. The van der Waals surface area contributed by atoms with Gasteiger partial charge in [-0.05, 0) is 25.5 Å². The molecule has 0 aliphatic heterocycles. The van der Waals surface area contributed by atoms with Crippen molar-refractivity contribution in [2.75, 3.05) is 0 Å². The van der Waals surface area contributed by atoms with Crippen molar-refractivity contribution in [3.8, 4) is 0 Å². The summed E-state index contributed by atoms with van der Waals surface area (Å²) in [6, 6.07) is 4.16. The van der Waals surface area contributed by atoms with E-state index in [4.69, 9.17) is 17.3 Å². The number of halogens is 1. The highest BCUT2D eigenvalue weighted by Gasteiger charge is 1.99. The van der Waals surface area contributed by atoms with Gasteiger partial charge >= 0.3 is 0 Å². The first kappa shape index (κ1) is 8.05. The lowest BCUT2D eigenvalue weighted by molar-refractivity contribution is 0.746. The molecule has 3 heteroatoms. The van der Waals surface area contributed by atoms with E-state index in [0.29, 0.717) is 0 Å². The van der Waals surface area contributed by atoms with Crippen molar-refractivity contribution in [3.63, 3.8) is 0 Å². The highest BCUT2D eigenvalue weighted by Crippen LogP contribution is 2.21. The standard InChI is InChI=1S/C7H10ClNS/c1-5(9)4-6-2-3-7(8)10-6/h2-3,5H,4,9H2,1H3/t5-/m1/s1. The summed E-state index contributed by atoms with van der Waals surface area (Å²) < 4.78 is 0.843. The lowest BCUT2D eigenvalue weighted by Crippen LogP contribution is -2.16. The van der Waals surface area contributed by atoms with Crippen LogP contribution in [-0.2, 0) is 6.42 Å². The van der Waals surface area contributed by atoms with Crippen LogP contribution in [0.1, 0.15) is 11.8 Å². The molecule has 1 heterocycles. The Kier molecular flexibility index (Phi) is 2.72. The van der Waals surface area contributed by atoms with Gasteiger partial charge in [-0.15, -0.1) is 11.3 Å². The van der Waals surface area contributed by atoms with Crippen LogP contribution < -0.4 is 5.73 Å². The van der Waals surface area contributed by atoms with Crippen LogP contribution in [0.25, 0.3) is 0 Å². The Morgan fingerprint density at radius 1 is 1.70 bits per heavy atom. The molecule has 0 aliphatic carbocycles. The maximum absolute atomic E-state index is 5.72. The molecule has 0 fully saturated rings. The van der Waals surface area contributed by atoms with Crippen LogP contribution >= 0.6 is 22.9 Å². The lowest BCUT2D eigenvalue weighted by Gasteiger charge is -1.99. The second kappa shape index (κ2) is 3.37. The molecule has 0 radical (unpaired) electrons. The zero-order chi connectivity index (χ0) is 7.56. The third-order valence-corrected chi connectivity index (χ3v) is 2.41. The second-order valence-electron chi connectivity index (χ2n) is 2.39. The number of thiophene rings is 1. The largest absolute Gasteiger partial charge is 0.328 e. The minimum atomic E-state index is 0.231. The predicted molar refractivity (Wildman–Crippen MR) is 46.7 cm³/mol. The summed E-state index contributed by atoms with van der Waals surface area (Å²) in [6.07, 6.45) is 0.928. The SMILES string of the molecule is C[C@@H](N)Cc1ccc(Cl)s1. The highest BCUT2D eigenvalue weighted by molar-refractivity contribution is 7.16. The summed E-state index contributed by atoms with van der Waals surface area (Å²) in [5, 5.41) is 0. The molecule has 0 aliphatic rings. The molecule has 0 amide bonds. The monoisotopic (exact) mass is 175 g/mol. The van der Waals surface area contributed by atoms with Crippen molar-refractivity contribution in [2.45, 2.75) is 19.4 Å². The average molecular weight is 176 g/mol. The fourth-order valence-electron chi connectivity index (χ4n) is 0.779. The summed E-state index contributed by atoms with van der Waals surface area (Å²) in [5.41, 5.74) is 5.60. The van der Waals surface area contributed by atoms with Gasteiger partial charge in [-0.1, -0.05) is 11.6 Å². The van der Waals surface area contributed by atoms with Gasteiger partial charge in [-0.3, -0.25) is 0 Å². The molecule has 1 nitrogen and oxygen atoms in total. The van der Waals surface area contributed by atoms with E-state index in [1.165, 1.54) is 4.88 Å². The van der Waals surface area contributed by atoms with Crippen molar-refractivity contribution in [1.29, 1.82) is 0 Å². The Morgan fingerprint density at radius 3 is 2.80 bits per heavy atom. The summed E-state index contributed by atoms with van der Waals surface area (Å²) >= 11 is 7.32. The van der Waals surface area contributed by atoms with E-state index in [2.05, 4.69) is 0 Å². The summed E-state index contributed by atoms with van der Waals surface area (Å²) in [5.74, 6) is 0. The van der Waals surface area contributed by atoms with Gasteiger partial charge in [0.25, 0.3) is 0 Å². The molecule has 0 spiro atoms. The van der Waals surface area contributed by atoms with E-state index < -0.39 is 0 Å². The third-order valence-electron chi connectivity index (χ3n) is 1.15. The normalized spacial score (nSPS) is 13.5. The molecule has 1 aromatic rings. The van der Waals surface area contributed by atoms with Gasteiger partial charge in [-0.25, -0.2) is 0 Å². The third kappa shape index (κ3) is 2.29. The summed E-state index contributed by atoms with van der Waals surface area (Å²) in [6.45, 7) is 1.99. The molecular formula is C7H10ClNS. The topological polar surface area (TPSA) is 26.0 Å². The van der Waals surface area contributed by atoms with Crippen molar-refractivity contribution in [3.05, 3.63) is 21.3 Å². The fourth-order valence-corrected chi connectivity index (χ4v) is 2.01.